The van der Waals surface area contributed by atoms with Crippen LogP contribution < -0.4 is 19.5 Å². The van der Waals surface area contributed by atoms with Gasteiger partial charge in [0.1, 0.15) is 11.8 Å². The molecule has 176 valence electrons. The van der Waals surface area contributed by atoms with Gasteiger partial charge in [-0.1, -0.05) is 36.4 Å². The Morgan fingerprint density at radius 2 is 1.68 bits per heavy atom. The number of rotatable bonds is 9. The quantitative estimate of drug-likeness (QED) is 0.526. The lowest BCUT2D eigenvalue weighted by molar-refractivity contribution is -0.125. The van der Waals surface area contributed by atoms with E-state index >= 15 is 0 Å². The van der Waals surface area contributed by atoms with E-state index in [1.54, 1.807) is 32.3 Å². The number of carbonyl (C=O) groups excluding carboxylic acids is 2. The van der Waals surface area contributed by atoms with Gasteiger partial charge in [0.2, 0.25) is 5.91 Å². The van der Waals surface area contributed by atoms with Crippen LogP contribution in [0.25, 0.3) is 0 Å². The number of nitrogens with zero attached hydrogens (tertiary/aromatic N) is 1. The third kappa shape index (κ3) is 4.69. The molecule has 1 atom stereocenters. The number of methoxy groups -OCH3 is 3. The Kier molecular flexibility index (Phi) is 7.01. The van der Waals surface area contributed by atoms with Gasteiger partial charge in [-0.05, 0) is 53.4 Å². The van der Waals surface area contributed by atoms with Gasteiger partial charge in [0.05, 0.1) is 21.3 Å². The van der Waals surface area contributed by atoms with Crippen LogP contribution in [0, 0.1) is 0 Å². The first-order chi connectivity index (χ1) is 16.5. The van der Waals surface area contributed by atoms with Crippen LogP contribution in [0.4, 0.5) is 0 Å². The molecule has 3 aromatic carbocycles. The molecule has 1 heterocycles. The fourth-order valence-electron chi connectivity index (χ4n) is 4.25. The standard InChI is InChI=1S/C27H28N2O5/c1-32-20-8-6-7-19(15-20)17-29-25(21-9-4-5-10-22(21)27(29)31)26(30)28-14-13-18-11-12-23(33-2)24(16-18)34-3/h4-12,15-16,25H,13-14,17H2,1-3H3,(H,28,30)/t25-/m0/s1. The van der Waals surface area contributed by atoms with Crippen molar-refractivity contribution in [2.75, 3.05) is 27.9 Å². The Hall–Kier alpha value is -4.00. The van der Waals surface area contributed by atoms with Crippen molar-refractivity contribution in [1.82, 2.24) is 10.2 Å². The summed E-state index contributed by atoms with van der Waals surface area (Å²) in [6.07, 6.45) is 0.615. The minimum atomic E-state index is -0.694. The molecule has 1 N–H and O–H groups in total. The number of nitrogens with one attached hydrogen (secondary N) is 1. The van der Waals surface area contributed by atoms with Crippen LogP contribution in [-0.4, -0.2) is 44.6 Å². The zero-order chi connectivity index (χ0) is 24.1. The summed E-state index contributed by atoms with van der Waals surface area (Å²) in [5.74, 6) is 1.65. The van der Waals surface area contributed by atoms with E-state index in [9.17, 15) is 9.59 Å². The van der Waals surface area contributed by atoms with Gasteiger partial charge >= 0.3 is 0 Å². The van der Waals surface area contributed by atoms with Crippen molar-refractivity contribution in [2.45, 2.75) is 19.0 Å². The monoisotopic (exact) mass is 460 g/mol. The molecule has 0 saturated carbocycles. The lowest BCUT2D eigenvalue weighted by Gasteiger charge is -2.25. The maximum absolute atomic E-state index is 13.3. The summed E-state index contributed by atoms with van der Waals surface area (Å²) in [5.41, 5.74) is 3.18. The summed E-state index contributed by atoms with van der Waals surface area (Å²) in [6.45, 7) is 0.729. The highest BCUT2D eigenvalue weighted by molar-refractivity contribution is 6.04. The van der Waals surface area contributed by atoms with Gasteiger partial charge in [-0.2, -0.15) is 0 Å². The van der Waals surface area contributed by atoms with E-state index in [1.807, 2.05) is 60.7 Å². The Morgan fingerprint density at radius 1 is 0.882 bits per heavy atom. The van der Waals surface area contributed by atoms with Gasteiger partial charge in [0.15, 0.2) is 11.5 Å². The van der Waals surface area contributed by atoms with Crippen LogP contribution in [0.2, 0.25) is 0 Å². The van der Waals surface area contributed by atoms with Crippen molar-refractivity contribution < 1.29 is 23.8 Å². The fraction of sp³-hybridized carbons (Fsp3) is 0.259. The minimum Gasteiger partial charge on any atom is -0.497 e. The Bertz CT molecular complexity index is 1190. The molecule has 0 aromatic heterocycles. The average Bonchev–Trinajstić information content (AvgIpc) is 3.15. The first kappa shape index (κ1) is 23.2. The average molecular weight is 461 g/mol. The predicted octanol–water partition coefficient (Wildman–Crippen LogP) is 3.77. The second-order valence-electron chi connectivity index (χ2n) is 8.00. The number of carbonyl (C=O) groups is 2. The highest BCUT2D eigenvalue weighted by Gasteiger charge is 2.40. The zero-order valence-electron chi connectivity index (χ0n) is 19.5. The molecule has 0 unspecified atom stereocenters. The Balaban J connectivity index is 1.50. The molecule has 4 rings (SSSR count). The maximum atomic E-state index is 13.3. The van der Waals surface area contributed by atoms with E-state index in [4.69, 9.17) is 14.2 Å². The number of benzene rings is 3. The van der Waals surface area contributed by atoms with Gasteiger partial charge in [0, 0.05) is 18.7 Å². The normalized spacial score (nSPS) is 14.5. The van der Waals surface area contributed by atoms with Crippen molar-refractivity contribution in [2.24, 2.45) is 0 Å². The molecule has 0 saturated heterocycles. The number of ether oxygens (including phenoxy) is 3. The van der Waals surface area contributed by atoms with Crippen LogP contribution >= 0.6 is 0 Å². The highest BCUT2D eigenvalue weighted by atomic mass is 16.5. The molecule has 2 amide bonds. The zero-order valence-corrected chi connectivity index (χ0v) is 19.5. The van der Waals surface area contributed by atoms with Crippen molar-refractivity contribution in [3.05, 3.63) is 89.0 Å². The third-order valence-electron chi connectivity index (χ3n) is 5.95. The van der Waals surface area contributed by atoms with E-state index in [0.29, 0.717) is 42.3 Å². The predicted molar refractivity (Wildman–Crippen MR) is 128 cm³/mol. The minimum absolute atomic E-state index is 0.154. The van der Waals surface area contributed by atoms with Gasteiger partial charge in [-0.25, -0.2) is 0 Å². The Labute approximate surface area is 199 Å². The summed E-state index contributed by atoms with van der Waals surface area (Å²) >= 11 is 0. The van der Waals surface area contributed by atoms with Crippen molar-refractivity contribution in [3.8, 4) is 17.2 Å². The first-order valence-electron chi connectivity index (χ1n) is 11.1. The molecule has 1 aliphatic rings. The summed E-state index contributed by atoms with van der Waals surface area (Å²) in [4.78, 5) is 28.1. The summed E-state index contributed by atoms with van der Waals surface area (Å²) in [5, 5.41) is 3.01. The van der Waals surface area contributed by atoms with E-state index < -0.39 is 6.04 Å². The van der Waals surface area contributed by atoms with Crippen molar-refractivity contribution in [3.63, 3.8) is 0 Å². The van der Waals surface area contributed by atoms with E-state index in [1.165, 1.54) is 0 Å². The molecule has 0 bridgehead atoms. The van der Waals surface area contributed by atoms with Gasteiger partial charge < -0.3 is 24.4 Å². The molecule has 7 nitrogen and oxygen atoms in total. The van der Waals surface area contributed by atoms with Crippen molar-refractivity contribution >= 4 is 11.8 Å². The molecule has 3 aromatic rings. The molecule has 0 aliphatic carbocycles. The van der Waals surface area contributed by atoms with Crippen LogP contribution in [0.15, 0.2) is 66.7 Å². The number of fused-ring (bicyclic) bond motifs is 1. The van der Waals surface area contributed by atoms with Crippen LogP contribution in [0.3, 0.4) is 0 Å². The molecule has 0 fully saturated rings. The van der Waals surface area contributed by atoms with Crippen LogP contribution in [0.5, 0.6) is 17.2 Å². The number of amides is 2. The van der Waals surface area contributed by atoms with E-state index in [2.05, 4.69) is 5.32 Å². The SMILES string of the molecule is COc1cccc(CN2C(=O)c3ccccc3[C@H]2C(=O)NCCc2ccc(OC)c(OC)c2)c1. The molecular weight excluding hydrogens is 432 g/mol. The summed E-state index contributed by atoms with van der Waals surface area (Å²) in [6, 6.07) is 19.8. The summed E-state index contributed by atoms with van der Waals surface area (Å²) in [7, 11) is 4.79. The van der Waals surface area contributed by atoms with Crippen LogP contribution in [-0.2, 0) is 17.8 Å². The largest absolute Gasteiger partial charge is 0.497 e. The van der Waals surface area contributed by atoms with Crippen molar-refractivity contribution in [1.29, 1.82) is 0 Å². The van der Waals surface area contributed by atoms with Gasteiger partial charge in [-0.3, -0.25) is 9.59 Å². The van der Waals surface area contributed by atoms with Gasteiger partial charge in [-0.15, -0.1) is 0 Å². The van der Waals surface area contributed by atoms with E-state index in [-0.39, 0.29) is 11.8 Å². The molecule has 0 radical (unpaired) electrons. The highest BCUT2D eigenvalue weighted by Crippen LogP contribution is 2.35. The molecule has 34 heavy (non-hydrogen) atoms. The lowest BCUT2D eigenvalue weighted by Crippen LogP contribution is -2.39. The number of hydrogen-bond acceptors (Lipinski definition) is 5. The number of hydrogen-bond donors (Lipinski definition) is 1. The van der Waals surface area contributed by atoms with Crippen LogP contribution in [0.1, 0.15) is 33.1 Å². The topological polar surface area (TPSA) is 77.1 Å². The first-order valence-corrected chi connectivity index (χ1v) is 11.1. The molecular formula is C27H28N2O5. The smallest absolute Gasteiger partial charge is 0.255 e. The molecule has 7 heteroatoms. The second-order valence-corrected chi connectivity index (χ2v) is 8.00. The molecule has 0 spiro atoms. The second kappa shape index (κ2) is 10.3. The summed E-state index contributed by atoms with van der Waals surface area (Å²) < 4.78 is 15.9. The van der Waals surface area contributed by atoms with Gasteiger partial charge in [0.25, 0.3) is 5.91 Å². The third-order valence-corrected chi connectivity index (χ3v) is 5.95. The lowest BCUT2D eigenvalue weighted by atomic mass is 10.0. The molecule has 1 aliphatic heterocycles. The maximum Gasteiger partial charge on any atom is 0.255 e. The fourth-order valence-corrected chi connectivity index (χ4v) is 4.25. The Morgan fingerprint density at radius 3 is 2.44 bits per heavy atom. The van der Waals surface area contributed by atoms with E-state index in [0.717, 1.165) is 16.7 Å².